The summed E-state index contributed by atoms with van der Waals surface area (Å²) < 4.78 is 4.59. The molecular formula is C10H9NO3. The van der Waals surface area contributed by atoms with E-state index in [2.05, 4.69) is 10.1 Å². The van der Waals surface area contributed by atoms with Crippen molar-refractivity contribution in [2.45, 2.75) is 6.04 Å². The molecular weight excluding hydrogens is 182 g/mol. The summed E-state index contributed by atoms with van der Waals surface area (Å²) in [4.78, 5) is 22.7. The predicted molar refractivity (Wildman–Crippen MR) is 48.7 cm³/mol. The van der Waals surface area contributed by atoms with Crippen LogP contribution in [0.2, 0.25) is 0 Å². The van der Waals surface area contributed by atoms with Gasteiger partial charge in [-0.2, -0.15) is 0 Å². The number of methoxy groups -OCH3 is 1. The molecule has 0 spiro atoms. The molecule has 1 aromatic rings. The zero-order valence-electron chi connectivity index (χ0n) is 7.61. The van der Waals surface area contributed by atoms with Crippen LogP contribution in [0.3, 0.4) is 0 Å². The van der Waals surface area contributed by atoms with Gasteiger partial charge in [0.15, 0.2) is 6.04 Å². The average molecular weight is 191 g/mol. The number of carbonyl (C=O) groups excluding carboxylic acids is 2. The van der Waals surface area contributed by atoms with Gasteiger partial charge in [0, 0.05) is 5.56 Å². The highest BCUT2D eigenvalue weighted by Crippen LogP contribution is 2.25. The molecule has 0 radical (unpaired) electrons. The smallest absolute Gasteiger partial charge is 0.333 e. The lowest BCUT2D eigenvalue weighted by Gasteiger charge is -2.07. The molecule has 0 saturated heterocycles. The lowest BCUT2D eigenvalue weighted by Crippen LogP contribution is -2.26. The molecule has 0 saturated carbocycles. The van der Waals surface area contributed by atoms with Gasteiger partial charge in [-0.1, -0.05) is 18.2 Å². The molecule has 14 heavy (non-hydrogen) atoms. The molecule has 1 heterocycles. The number of esters is 1. The Morgan fingerprint density at radius 2 is 2.14 bits per heavy atom. The van der Waals surface area contributed by atoms with E-state index in [4.69, 9.17) is 0 Å². The first-order valence-corrected chi connectivity index (χ1v) is 4.21. The monoisotopic (exact) mass is 191 g/mol. The molecule has 1 amide bonds. The Bertz CT molecular complexity index is 400. The van der Waals surface area contributed by atoms with Gasteiger partial charge in [-0.15, -0.1) is 0 Å². The van der Waals surface area contributed by atoms with Crippen molar-refractivity contribution in [2.75, 3.05) is 7.11 Å². The summed E-state index contributed by atoms with van der Waals surface area (Å²) in [5.41, 5.74) is 1.23. The molecule has 2 rings (SSSR count). The third kappa shape index (κ3) is 1.16. The fraction of sp³-hybridized carbons (Fsp3) is 0.200. The lowest BCUT2D eigenvalue weighted by molar-refractivity contribution is -0.142. The molecule has 0 aliphatic carbocycles. The maximum atomic E-state index is 11.4. The van der Waals surface area contributed by atoms with E-state index in [0.29, 0.717) is 11.1 Å². The van der Waals surface area contributed by atoms with Crippen LogP contribution in [-0.2, 0) is 9.53 Å². The second-order valence-electron chi connectivity index (χ2n) is 3.02. The minimum atomic E-state index is -0.649. The molecule has 0 aromatic heterocycles. The van der Waals surface area contributed by atoms with Crippen molar-refractivity contribution in [3.8, 4) is 0 Å². The molecule has 1 aliphatic rings. The van der Waals surface area contributed by atoms with Crippen molar-refractivity contribution >= 4 is 11.9 Å². The van der Waals surface area contributed by atoms with Crippen LogP contribution >= 0.6 is 0 Å². The number of nitrogens with one attached hydrogen (secondary N) is 1. The lowest BCUT2D eigenvalue weighted by atomic mass is 10.1. The Balaban J connectivity index is 2.44. The molecule has 1 aliphatic heterocycles. The highest BCUT2D eigenvalue weighted by Gasteiger charge is 2.33. The van der Waals surface area contributed by atoms with Crippen molar-refractivity contribution in [2.24, 2.45) is 0 Å². The molecule has 0 fully saturated rings. The van der Waals surface area contributed by atoms with Crippen molar-refractivity contribution in [1.82, 2.24) is 5.32 Å². The third-order valence-corrected chi connectivity index (χ3v) is 2.23. The fourth-order valence-electron chi connectivity index (χ4n) is 1.55. The molecule has 1 N–H and O–H groups in total. The van der Waals surface area contributed by atoms with Crippen molar-refractivity contribution in [3.63, 3.8) is 0 Å². The number of hydrogen-bond donors (Lipinski definition) is 1. The van der Waals surface area contributed by atoms with Crippen molar-refractivity contribution < 1.29 is 14.3 Å². The molecule has 0 bridgehead atoms. The zero-order chi connectivity index (χ0) is 10.1. The summed E-state index contributed by atoms with van der Waals surface area (Å²) in [5.74, 6) is -0.667. The number of ether oxygens (including phenoxy) is 1. The van der Waals surface area contributed by atoms with Crippen molar-refractivity contribution in [1.29, 1.82) is 0 Å². The van der Waals surface area contributed by atoms with E-state index in [1.54, 1.807) is 24.3 Å². The summed E-state index contributed by atoms with van der Waals surface area (Å²) >= 11 is 0. The summed E-state index contributed by atoms with van der Waals surface area (Å²) in [5, 5.41) is 2.56. The SMILES string of the molecule is COC(=O)C1NC(=O)c2ccccc21. The highest BCUT2D eigenvalue weighted by molar-refractivity contribution is 6.03. The van der Waals surface area contributed by atoms with E-state index >= 15 is 0 Å². The van der Waals surface area contributed by atoms with Crippen LogP contribution < -0.4 is 5.32 Å². The van der Waals surface area contributed by atoms with E-state index < -0.39 is 12.0 Å². The number of carbonyl (C=O) groups is 2. The second-order valence-corrected chi connectivity index (χ2v) is 3.02. The van der Waals surface area contributed by atoms with Crippen LogP contribution in [0.4, 0.5) is 0 Å². The van der Waals surface area contributed by atoms with Gasteiger partial charge in [0.2, 0.25) is 0 Å². The van der Waals surface area contributed by atoms with Crippen LogP contribution in [-0.4, -0.2) is 19.0 Å². The van der Waals surface area contributed by atoms with Crippen LogP contribution in [0.25, 0.3) is 0 Å². The van der Waals surface area contributed by atoms with Gasteiger partial charge in [0.05, 0.1) is 7.11 Å². The molecule has 4 nitrogen and oxygen atoms in total. The summed E-state index contributed by atoms with van der Waals surface area (Å²) in [6.45, 7) is 0. The summed E-state index contributed by atoms with van der Waals surface area (Å²) in [6.07, 6.45) is 0. The largest absolute Gasteiger partial charge is 0.467 e. The molecule has 1 unspecified atom stereocenters. The Morgan fingerprint density at radius 1 is 1.43 bits per heavy atom. The Hall–Kier alpha value is -1.84. The van der Waals surface area contributed by atoms with E-state index in [9.17, 15) is 9.59 Å². The maximum absolute atomic E-state index is 11.4. The molecule has 4 heteroatoms. The van der Waals surface area contributed by atoms with Gasteiger partial charge < -0.3 is 10.1 Å². The Labute approximate surface area is 80.9 Å². The molecule has 72 valence electrons. The van der Waals surface area contributed by atoms with E-state index in [-0.39, 0.29) is 5.91 Å². The first-order valence-electron chi connectivity index (χ1n) is 4.21. The van der Waals surface area contributed by atoms with Gasteiger partial charge in [-0.05, 0) is 11.6 Å². The maximum Gasteiger partial charge on any atom is 0.333 e. The highest BCUT2D eigenvalue weighted by atomic mass is 16.5. The minimum Gasteiger partial charge on any atom is -0.467 e. The predicted octanol–water partition coefficient (Wildman–Crippen LogP) is 0.644. The molecule has 1 atom stereocenters. The van der Waals surface area contributed by atoms with E-state index in [0.717, 1.165) is 0 Å². The van der Waals surface area contributed by atoms with Gasteiger partial charge in [-0.25, -0.2) is 4.79 Å². The summed E-state index contributed by atoms with van der Waals surface area (Å²) in [7, 11) is 1.30. The fourth-order valence-corrected chi connectivity index (χ4v) is 1.55. The number of hydrogen-bond acceptors (Lipinski definition) is 3. The van der Waals surface area contributed by atoms with Crippen molar-refractivity contribution in [3.05, 3.63) is 35.4 Å². The van der Waals surface area contributed by atoms with Gasteiger partial charge >= 0.3 is 5.97 Å². The van der Waals surface area contributed by atoms with Crippen LogP contribution in [0.15, 0.2) is 24.3 Å². The first-order chi connectivity index (χ1) is 6.74. The quantitative estimate of drug-likeness (QED) is 0.663. The molecule has 1 aromatic carbocycles. The number of rotatable bonds is 1. The minimum absolute atomic E-state index is 0.226. The Kier molecular flexibility index (Phi) is 1.96. The number of amides is 1. The van der Waals surface area contributed by atoms with Gasteiger partial charge in [0.25, 0.3) is 5.91 Å². The summed E-state index contributed by atoms with van der Waals surface area (Å²) in [6, 6.07) is 6.33. The van der Waals surface area contributed by atoms with E-state index in [1.165, 1.54) is 7.11 Å². The second kappa shape index (κ2) is 3.14. The van der Waals surface area contributed by atoms with Crippen LogP contribution in [0, 0.1) is 0 Å². The normalized spacial score (nSPS) is 18.6. The van der Waals surface area contributed by atoms with Crippen LogP contribution in [0.5, 0.6) is 0 Å². The van der Waals surface area contributed by atoms with E-state index in [1.807, 2.05) is 0 Å². The number of benzene rings is 1. The van der Waals surface area contributed by atoms with Crippen LogP contribution in [0.1, 0.15) is 22.0 Å². The number of fused-ring (bicyclic) bond motifs is 1. The topological polar surface area (TPSA) is 55.4 Å². The van der Waals surface area contributed by atoms with Gasteiger partial charge in [-0.3, -0.25) is 4.79 Å². The first kappa shape index (κ1) is 8.74. The third-order valence-electron chi connectivity index (χ3n) is 2.23. The zero-order valence-corrected chi connectivity index (χ0v) is 7.61. The average Bonchev–Trinajstić information content (AvgIpc) is 2.56. The Morgan fingerprint density at radius 3 is 2.86 bits per heavy atom. The van der Waals surface area contributed by atoms with Gasteiger partial charge in [0.1, 0.15) is 0 Å². The standard InChI is InChI=1S/C10H9NO3/c1-14-10(13)8-6-4-2-3-5-7(6)9(12)11-8/h2-5,8H,1H3,(H,11,12).